The summed E-state index contributed by atoms with van der Waals surface area (Å²) in [6.07, 6.45) is 4.78. The molecule has 0 saturated heterocycles. The number of benzene rings is 1. The molecule has 0 fully saturated rings. The molecule has 2 rings (SSSR count). The van der Waals surface area contributed by atoms with Gasteiger partial charge in [-0.15, -0.1) is 0 Å². The number of pyridine rings is 1. The number of carbonyl (C=O) groups is 3. The van der Waals surface area contributed by atoms with Gasteiger partial charge < -0.3 is 14.7 Å². The maximum atomic E-state index is 11.5. The van der Waals surface area contributed by atoms with Crippen LogP contribution in [0.4, 0.5) is 5.69 Å². The molecule has 0 atom stereocenters. The zero-order chi connectivity index (χ0) is 18.7. The Morgan fingerprint density at radius 2 is 1.60 bits per heavy atom. The zero-order valence-electron chi connectivity index (χ0n) is 13.8. The maximum absolute atomic E-state index is 11.5. The number of carboxylic acids is 1. The van der Waals surface area contributed by atoms with Gasteiger partial charge in [0.15, 0.2) is 0 Å². The average molecular weight is 342 g/mol. The zero-order valence-corrected chi connectivity index (χ0v) is 13.8. The van der Waals surface area contributed by atoms with Gasteiger partial charge in [-0.25, -0.2) is 14.4 Å². The van der Waals surface area contributed by atoms with Crippen molar-refractivity contribution >= 4 is 23.6 Å². The van der Waals surface area contributed by atoms with Gasteiger partial charge in [-0.05, 0) is 36.4 Å². The van der Waals surface area contributed by atoms with Crippen LogP contribution in [0.2, 0.25) is 0 Å². The predicted octanol–water partition coefficient (Wildman–Crippen LogP) is 2.16. The first-order valence-corrected chi connectivity index (χ1v) is 7.19. The Morgan fingerprint density at radius 3 is 2.00 bits per heavy atom. The highest BCUT2D eigenvalue weighted by Crippen LogP contribution is 2.13. The van der Waals surface area contributed by atoms with Crippen molar-refractivity contribution in [2.45, 2.75) is 0 Å². The molecule has 0 aliphatic carbocycles. The van der Waals surface area contributed by atoms with Crippen molar-refractivity contribution in [3.8, 4) is 0 Å². The van der Waals surface area contributed by atoms with Crippen molar-refractivity contribution in [3.05, 3.63) is 72.6 Å². The van der Waals surface area contributed by atoms with E-state index in [9.17, 15) is 14.4 Å². The molecule has 0 aliphatic heterocycles. The summed E-state index contributed by atoms with van der Waals surface area (Å²) in [5.74, 6) is -3.14. The summed E-state index contributed by atoms with van der Waals surface area (Å²) in [6, 6.07) is 12.2. The SMILES string of the molecule is CN(C)c1ccc(C(=O)OC(=O)/C=C/C(=O)O)cc1.c1ccncc1. The quantitative estimate of drug-likeness (QED) is 0.516. The molecule has 1 aromatic heterocycles. The molecule has 1 heterocycles. The van der Waals surface area contributed by atoms with Crippen molar-refractivity contribution in [1.29, 1.82) is 0 Å². The third kappa shape index (κ3) is 8.08. The first kappa shape index (κ1) is 19.6. The van der Waals surface area contributed by atoms with Crippen LogP contribution in [0.5, 0.6) is 0 Å². The number of ether oxygens (including phenoxy) is 1. The molecule has 0 aliphatic rings. The summed E-state index contributed by atoms with van der Waals surface area (Å²) in [4.78, 5) is 38.5. The van der Waals surface area contributed by atoms with Crippen molar-refractivity contribution < 1.29 is 24.2 Å². The summed E-state index contributed by atoms with van der Waals surface area (Å²) >= 11 is 0. The molecule has 0 saturated carbocycles. The van der Waals surface area contributed by atoms with E-state index in [1.165, 1.54) is 12.1 Å². The van der Waals surface area contributed by atoms with E-state index in [4.69, 9.17) is 5.11 Å². The van der Waals surface area contributed by atoms with E-state index in [0.29, 0.717) is 12.2 Å². The van der Waals surface area contributed by atoms with Crippen molar-refractivity contribution in [3.63, 3.8) is 0 Å². The fraction of sp³-hybridized carbons (Fsp3) is 0.111. The molecule has 1 aromatic carbocycles. The lowest BCUT2D eigenvalue weighted by molar-refractivity contribution is -0.134. The molecule has 7 nitrogen and oxygen atoms in total. The highest BCUT2D eigenvalue weighted by Gasteiger charge is 2.11. The smallest absolute Gasteiger partial charge is 0.346 e. The van der Waals surface area contributed by atoms with Crippen molar-refractivity contribution in [1.82, 2.24) is 4.98 Å². The molecule has 0 bridgehead atoms. The first-order valence-electron chi connectivity index (χ1n) is 7.19. The molecular weight excluding hydrogens is 324 g/mol. The number of carbonyl (C=O) groups excluding carboxylic acids is 2. The van der Waals surface area contributed by atoms with Gasteiger partial charge in [0.25, 0.3) is 0 Å². The third-order valence-corrected chi connectivity index (χ3v) is 2.74. The molecule has 0 radical (unpaired) electrons. The van der Waals surface area contributed by atoms with E-state index < -0.39 is 17.9 Å². The van der Waals surface area contributed by atoms with Gasteiger partial charge in [0, 0.05) is 44.3 Å². The lowest BCUT2D eigenvalue weighted by Crippen LogP contribution is -2.12. The van der Waals surface area contributed by atoms with E-state index in [1.807, 2.05) is 37.2 Å². The predicted molar refractivity (Wildman–Crippen MR) is 92.2 cm³/mol. The monoisotopic (exact) mass is 342 g/mol. The van der Waals surface area contributed by atoms with Gasteiger partial charge in [0.1, 0.15) is 0 Å². The Labute approximate surface area is 145 Å². The minimum Gasteiger partial charge on any atom is -0.478 e. The molecule has 2 aromatic rings. The highest BCUT2D eigenvalue weighted by atomic mass is 16.6. The normalized spacial score (nSPS) is 9.68. The van der Waals surface area contributed by atoms with Gasteiger partial charge >= 0.3 is 17.9 Å². The van der Waals surface area contributed by atoms with Gasteiger partial charge in [-0.1, -0.05) is 6.07 Å². The van der Waals surface area contributed by atoms with E-state index in [1.54, 1.807) is 24.5 Å². The van der Waals surface area contributed by atoms with Crippen LogP contribution in [0.25, 0.3) is 0 Å². The molecule has 0 spiro atoms. The lowest BCUT2D eigenvalue weighted by atomic mass is 10.2. The molecule has 7 heteroatoms. The fourth-order valence-electron chi connectivity index (χ4n) is 1.53. The van der Waals surface area contributed by atoms with Crippen LogP contribution >= 0.6 is 0 Å². The molecule has 130 valence electrons. The van der Waals surface area contributed by atoms with Crippen LogP contribution in [-0.2, 0) is 14.3 Å². The number of hydrogen-bond donors (Lipinski definition) is 1. The second kappa shape index (κ2) is 10.3. The second-order valence-electron chi connectivity index (χ2n) is 4.85. The number of rotatable bonds is 4. The van der Waals surface area contributed by atoms with E-state index in [2.05, 4.69) is 9.72 Å². The summed E-state index contributed by atoms with van der Waals surface area (Å²) in [6.45, 7) is 0. The number of aromatic nitrogens is 1. The van der Waals surface area contributed by atoms with Crippen LogP contribution in [0.15, 0.2) is 67.0 Å². The Hall–Kier alpha value is -3.48. The Bertz CT molecular complexity index is 698. The van der Waals surface area contributed by atoms with E-state index >= 15 is 0 Å². The van der Waals surface area contributed by atoms with Gasteiger partial charge in [0.2, 0.25) is 0 Å². The van der Waals surface area contributed by atoms with Crippen LogP contribution in [0.1, 0.15) is 10.4 Å². The minimum absolute atomic E-state index is 0.211. The number of aliphatic carboxylic acids is 1. The van der Waals surface area contributed by atoms with E-state index in [0.717, 1.165) is 5.69 Å². The second-order valence-corrected chi connectivity index (χ2v) is 4.85. The molecule has 0 amide bonds. The molecule has 25 heavy (non-hydrogen) atoms. The number of nitrogens with zero attached hydrogens (tertiary/aromatic N) is 2. The average Bonchev–Trinajstić information content (AvgIpc) is 2.62. The minimum atomic E-state index is -1.29. The summed E-state index contributed by atoms with van der Waals surface area (Å²) in [5, 5.41) is 8.31. The van der Waals surface area contributed by atoms with Crippen LogP contribution in [0, 0.1) is 0 Å². The Balaban J connectivity index is 0.000000435. The summed E-state index contributed by atoms with van der Waals surface area (Å²) < 4.78 is 4.45. The van der Waals surface area contributed by atoms with Gasteiger partial charge in [-0.3, -0.25) is 4.98 Å². The number of carboxylic acid groups (broad SMARTS) is 1. The Kier molecular flexibility index (Phi) is 8.08. The molecular formula is C18H18N2O5. The van der Waals surface area contributed by atoms with Gasteiger partial charge in [0.05, 0.1) is 5.56 Å². The Morgan fingerprint density at radius 1 is 1.00 bits per heavy atom. The first-order chi connectivity index (χ1) is 11.9. The van der Waals surface area contributed by atoms with Crippen molar-refractivity contribution in [2.24, 2.45) is 0 Å². The summed E-state index contributed by atoms with van der Waals surface area (Å²) in [5.41, 5.74) is 1.11. The molecule has 1 N–H and O–H groups in total. The van der Waals surface area contributed by atoms with Gasteiger partial charge in [-0.2, -0.15) is 0 Å². The number of hydrogen-bond acceptors (Lipinski definition) is 6. The summed E-state index contributed by atoms with van der Waals surface area (Å²) in [7, 11) is 3.71. The maximum Gasteiger partial charge on any atom is 0.346 e. The van der Waals surface area contributed by atoms with Crippen LogP contribution < -0.4 is 4.90 Å². The number of esters is 2. The molecule has 0 unspecified atom stereocenters. The standard InChI is InChI=1S/C13H13NO5.C5H5N/c1-14(2)10-5-3-9(4-6-10)13(18)19-12(17)8-7-11(15)16;1-2-4-6-5-3-1/h3-8H,1-2H3,(H,15,16);1-5H/b8-7+;. The van der Waals surface area contributed by atoms with E-state index in [-0.39, 0.29) is 5.56 Å². The fourth-order valence-corrected chi connectivity index (χ4v) is 1.53. The topological polar surface area (TPSA) is 96.8 Å². The van der Waals surface area contributed by atoms with Crippen molar-refractivity contribution in [2.75, 3.05) is 19.0 Å². The number of anilines is 1. The highest BCUT2D eigenvalue weighted by molar-refractivity contribution is 6.01. The van der Waals surface area contributed by atoms with Crippen LogP contribution in [-0.4, -0.2) is 42.1 Å². The largest absolute Gasteiger partial charge is 0.478 e. The van der Waals surface area contributed by atoms with Crippen LogP contribution in [0.3, 0.4) is 0 Å². The lowest BCUT2D eigenvalue weighted by Gasteiger charge is -2.12. The third-order valence-electron chi connectivity index (χ3n) is 2.74.